The van der Waals surface area contributed by atoms with Crippen LogP contribution in [0, 0.1) is 11.3 Å². The highest BCUT2D eigenvalue weighted by atomic mass is 16.5. The monoisotopic (exact) mass is 230 g/mol. The lowest BCUT2D eigenvalue weighted by atomic mass is 9.99. The number of anilines is 1. The van der Waals surface area contributed by atoms with E-state index in [1.54, 1.807) is 0 Å². The molecule has 0 spiro atoms. The number of nitriles is 1. The summed E-state index contributed by atoms with van der Waals surface area (Å²) in [6, 6.07) is 10.2. The second kappa shape index (κ2) is 5.20. The molecule has 0 aliphatic carbocycles. The summed E-state index contributed by atoms with van der Waals surface area (Å²) in [6.07, 6.45) is 2.69. The zero-order valence-corrected chi connectivity index (χ0v) is 10.3. The zero-order valence-electron chi connectivity index (χ0n) is 10.3. The lowest BCUT2D eigenvalue weighted by Crippen LogP contribution is -2.36. The maximum absolute atomic E-state index is 8.73. The Morgan fingerprint density at radius 1 is 1.18 bits per heavy atom. The van der Waals surface area contributed by atoms with Crippen LogP contribution < -0.4 is 5.32 Å². The summed E-state index contributed by atoms with van der Waals surface area (Å²) in [7, 11) is 0. The van der Waals surface area contributed by atoms with E-state index in [0.29, 0.717) is 23.8 Å². The second-order valence-electron chi connectivity index (χ2n) is 4.76. The number of ether oxygens (including phenoxy) is 1. The van der Waals surface area contributed by atoms with Crippen LogP contribution in [0.25, 0.3) is 0 Å². The molecule has 1 saturated heterocycles. The van der Waals surface area contributed by atoms with Gasteiger partial charge in [-0.25, -0.2) is 0 Å². The van der Waals surface area contributed by atoms with Crippen molar-refractivity contribution in [3.8, 4) is 6.07 Å². The zero-order chi connectivity index (χ0) is 12.3. The van der Waals surface area contributed by atoms with Crippen LogP contribution in [0.3, 0.4) is 0 Å². The van der Waals surface area contributed by atoms with Crippen LogP contribution in [-0.2, 0) is 4.74 Å². The van der Waals surface area contributed by atoms with Crippen molar-refractivity contribution in [3.63, 3.8) is 0 Å². The van der Waals surface area contributed by atoms with Gasteiger partial charge in [0.1, 0.15) is 0 Å². The summed E-state index contributed by atoms with van der Waals surface area (Å²) in [4.78, 5) is 0. The number of hydrogen-bond acceptors (Lipinski definition) is 3. The van der Waals surface area contributed by atoms with E-state index in [1.165, 1.54) is 0 Å². The molecule has 0 aromatic heterocycles. The molecule has 2 unspecified atom stereocenters. The van der Waals surface area contributed by atoms with Crippen LogP contribution in [0.5, 0.6) is 0 Å². The predicted molar refractivity (Wildman–Crippen MR) is 67.8 cm³/mol. The van der Waals surface area contributed by atoms with Crippen molar-refractivity contribution < 1.29 is 4.74 Å². The van der Waals surface area contributed by atoms with Crippen molar-refractivity contribution >= 4 is 5.69 Å². The van der Waals surface area contributed by atoms with E-state index < -0.39 is 0 Å². The summed E-state index contributed by atoms with van der Waals surface area (Å²) >= 11 is 0. The Labute approximate surface area is 102 Å². The Morgan fingerprint density at radius 2 is 1.76 bits per heavy atom. The highest BCUT2D eigenvalue weighted by molar-refractivity contribution is 5.47. The van der Waals surface area contributed by atoms with Crippen molar-refractivity contribution in [2.24, 2.45) is 0 Å². The number of nitrogens with one attached hydrogen (secondary N) is 1. The minimum Gasteiger partial charge on any atom is -0.382 e. The van der Waals surface area contributed by atoms with E-state index in [0.717, 1.165) is 18.5 Å². The average molecular weight is 230 g/mol. The van der Waals surface area contributed by atoms with E-state index >= 15 is 0 Å². The molecule has 2 atom stereocenters. The molecule has 3 heteroatoms. The molecule has 0 radical (unpaired) electrons. The molecule has 1 fully saturated rings. The molecule has 0 saturated carbocycles. The third-order valence-corrected chi connectivity index (χ3v) is 3.08. The molecule has 1 aliphatic heterocycles. The Bertz CT molecular complexity index is 397. The van der Waals surface area contributed by atoms with E-state index in [1.807, 2.05) is 24.3 Å². The van der Waals surface area contributed by atoms with Crippen LogP contribution in [0.15, 0.2) is 24.3 Å². The predicted octanol–water partition coefficient (Wildman–Crippen LogP) is 2.93. The van der Waals surface area contributed by atoms with Gasteiger partial charge < -0.3 is 10.1 Å². The number of hydrogen-bond donors (Lipinski definition) is 1. The highest BCUT2D eigenvalue weighted by Gasteiger charge is 2.23. The number of benzene rings is 1. The fourth-order valence-electron chi connectivity index (χ4n) is 2.40. The first-order valence-electron chi connectivity index (χ1n) is 6.09. The summed E-state index contributed by atoms with van der Waals surface area (Å²) < 4.78 is 5.71. The number of nitrogens with zero attached hydrogens (tertiary/aromatic N) is 1. The molecule has 0 amide bonds. The molecule has 1 aliphatic rings. The van der Waals surface area contributed by atoms with E-state index in [9.17, 15) is 0 Å². The van der Waals surface area contributed by atoms with Crippen molar-refractivity contribution in [1.82, 2.24) is 0 Å². The fraction of sp³-hybridized carbons (Fsp3) is 0.500. The molecular weight excluding hydrogens is 212 g/mol. The van der Waals surface area contributed by atoms with Gasteiger partial charge in [-0.2, -0.15) is 5.26 Å². The Hall–Kier alpha value is -1.53. The summed E-state index contributed by atoms with van der Waals surface area (Å²) in [5, 5.41) is 12.2. The van der Waals surface area contributed by atoms with Gasteiger partial charge in [-0.3, -0.25) is 0 Å². The molecular formula is C14H18N2O. The van der Waals surface area contributed by atoms with Crippen LogP contribution >= 0.6 is 0 Å². The first kappa shape index (κ1) is 11.9. The van der Waals surface area contributed by atoms with Crippen LogP contribution in [-0.4, -0.2) is 18.2 Å². The second-order valence-corrected chi connectivity index (χ2v) is 4.76. The summed E-state index contributed by atoms with van der Waals surface area (Å²) in [6.45, 7) is 4.23. The fourth-order valence-corrected chi connectivity index (χ4v) is 2.40. The third kappa shape index (κ3) is 3.21. The Morgan fingerprint density at radius 3 is 2.29 bits per heavy atom. The van der Waals surface area contributed by atoms with Crippen molar-refractivity contribution in [2.45, 2.75) is 44.9 Å². The quantitative estimate of drug-likeness (QED) is 0.849. The number of rotatable bonds is 2. The minimum atomic E-state index is 0.314. The van der Waals surface area contributed by atoms with Gasteiger partial charge in [-0.1, -0.05) is 0 Å². The van der Waals surface area contributed by atoms with Crippen molar-refractivity contribution in [2.75, 3.05) is 5.32 Å². The third-order valence-electron chi connectivity index (χ3n) is 3.08. The molecule has 0 bridgehead atoms. The molecule has 90 valence electrons. The van der Waals surface area contributed by atoms with Gasteiger partial charge in [0, 0.05) is 11.7 Å². The molecule has 17 heavy (non-hydrogen) atoms. The van der Waals surface area contributed by atoms with Crippen molar-refractivity contribution in [3.05, 3.63) is 29.8 Å². The molecule has 1 aromatic rings. The van der Waals surface area contributed by atoms with Crippen LogP contribution in [0.1, 0.15) is 32.3 Å². The Kier molecular flexibility index (Phi) is 3.65. The summed E-state index contributed by atoms with van der Waals surface area (Å²) in [5.74, 6) is 0. The average Bonchev–Trinajstić information content (AvgIpc) is 2.28. The van der Waals surface area contributed by atoms with Crippen molar-refractivity contribution in [1.29, 1.82) is 5.26 Å². The maximum atomic E-state index is 8.73. The first-order chi connectivity index (χ1) is 8.17. The van der Waals surface area contributed by atoms with Gasteiger partial charge in [0.15, 0.2) is 0 Å². The first-order valence-corrected chi connectivity index (χ1v) is 6.09. The lowest BCUT2D eigenvalue weighted by Gasteiger charge is -2.33. The van der Waals surface area contributed by atoms with Crippen LogP contribution in [0.4, 0.5) is 5.69 Å². The maximum Gasteiger partial charge on any atom is 0.0991 e. The van der Waals surface area contributed by atoms with E-state index in [4.69, 9.17) is 10.00 Å². The summed E-state index contributed by atoms with van der Waals surface area (Å²) in [5.41, 5.74) is 1.78. The SMILES string of the molecule is CC1CC(Nc2ccc(C#N)cc2)CC(C)O1. The van der Waals surface area contributed by atoms with Gasteiger partial charge in [-0.15, -0.1) is 0 Å². The highest BCUT2D eigenvalue weighted by Crippen LogP contribution is 2.22. The lowest BCUT2D eigenvalue weighted by molar-refractivity contribution is -0.0337. The molecule has 2 rings (SSSR count). The standard InChI is InChI=1S/C14H18N2O/c1-10-7-14(8-11(2)17-10)16-13-5-3-12(9-15)4-6-13/h3-6,10-11,14,16H,7-8H2,1-2H3. The normalized spacial score (nSPS) is 28.4. The van der Waals surface area contributed by atoms with Gasteiger partial charge >= 0.3 is 0 Å². The molecule has 1 N–H and O–H groups in total. The molecule has 1 heterocycles. The van der Waals surface area contributed by atoms with Gasteiger partial charge in [0.25, 0.3) is 0 Å². The topological polar surface area (TPSA) is 45.0 Å². The van der Waals surface area contributed by atoms with E-state index in [2.05, 4.69) is 25.2 Å². The van der Waals surface area contributed by atoms with E-state index in [-0.39, 0.29) is 0 Å². The van der Waals surface area contributed by atoms with Crippen LogP contribution in [0.2, 0.25) is 0 Å². The van der Waals surface area contributed by atoms with Gasteiger partial charge in [0.2, 0.25) is 0 Å². The largest absolute Gasteiger partial charge is 0.382 e. The molecule has 3 nitrogen and oxygen atoms in total. The molecule has 1 aromatic carbocycles. The van der Waals surface area contributed by atoms with Gasteiger partial charge in [0.05, 0.1) is 23.8 Å². The van der Waals surface area contributed by atoms with Gasteiger partial charge in [-0.05, 0) is 51.0 Å². The smallest absolute Gasteiger partial charge is 0.0991 e. The minimum absolute atomic E-state index is 0.314. The Balaban J connectivity index is 1.98.